The smallest absolute Gasteiger partial charge is 0.309 e. The minimum Gasteiger partial charge on any atom is -0.359 e. The molecule has 150 valence electrons. The number of hydrogen-bond acceptors (Lipinski definition) is 6. The monoisotopic (exact) mass is 398 g/mol. The predicted octanol–water partition coefficient (Wildman–Crippen LogP) is -0.864. The van der Waals surface area contributed by atoms with Gasteiger partial charge in [-0.2, -0.15) is 4.31 Å². The van der Waals surface area contributed by atoms with Crippen molar-refractivity contribution in [2.75, 3.05) is 46.9 Å². The minimum atomic E-state index is -3.75. The number of nitrogens with one attached hydrogen (secondary N) is 2. The van der Waals surface area contributed by atoms with E-state index < -0.39 is 28.1 Å². The molecule has 27 heavy (non-hydrogen) atoms. The second-order valence-electron chi connectivity index (χ2n) is 6.52. The molecule has 0 saturated carbocycles. The van der Waals surface area contributed by atoms with Gasteiger partial charge >= 0.3 is 11.8 Å². The molecule has 9 nitrogen and oxygen atoms in total. The zero-order valence-electron chi connectivity index (χ0n) is 15.8. The van der Waals surface area contributed by atoms with Gasteiger partial charge in [0.2, 0.25) is 10.0 Å². The first kappa shape index (κ1) is 21.3. The van der Waals surface area contributed by atoms with Crippen LogP contribution in [0.4, 0.5) is 0 Å². The third-order valence-corrected chi connectivity index (χ3v) is 5.96. The molecule has 0 spiro atoms. The third kappa shape index (κ3) is 5.73. The van der Waals surface area contributed by atoms with Gasteiger partial charge in [-0.05, 0) is 33.2 Å². The maximum Gasteiger partial charge on any atom is 0.309 e. The van der Waals surface area contributed by atoms with E-state index in [1.807, 2.05) is 25.9 Å². The summed E-state index contributed by atoms with van der Waals surface area (Å²) in [6.45, 7) is 3.12. The molecule has 1 saturated heterocycles. The molecular formula is C17H26N4O5S. The van der Waals surface area contributed by atoms with Crippen LogP contribution in [0.15, 0.2) is 29.2 Å². The Hall–Kier alpha value is -2.01. The lowest BCUT2D eigenvalue weighted by atomic mass is 10.2. The first-order valence-corrected chi connectivity index (χ1v) is 10.1. The molecule has 10 heteroatoms. The lowest BCUT2D eigenvalue weighted by molar-refractivity contribution is -0.139. The van der Waals surface area contributed by atoms with E-state index >= 15 is 0 Å². The van der Waals surface area contributed by atoms with Crippen molar-refractivity contribution in [2.45, 2.75) is 18.0 Å². The lowest BCUT2D eigenvalue weighted by Crippen LogP contribution is -2.48. The first-order valence-electron chi connectivity index (χ1n) is 8.62. The van der Waals surface area contributed by atoms with Crippen LogP contribution < -0.4 is 10.6 Å². The highest BCUT2D eigenvalue weighted by atomic mass is 32.2. The van der Waals surface area contributed by atoms with Crippen molar-refractivity contribution >= 4 is 21.8 Å². The Morgan fingerprint density at radius 3 is 2.44 bits per heavy atom. The van der Waals surface area contributed by atoms with Gasteiger partial charge in [-0.15, -0.1) is 0 Å². The fourth-order valence-corrected chi connectivity index (χ4v) is 4.03. The third-order valence-electron chi connectivity index (χ3n) is 4.06. The fourth-order valence-electron chi connectivity index (χ4n) is 2.52. The van der Waals surface area contributed by atoms with Crippen LogP contribution in [0.3, 0.4) is 0 Å². The van der Waals surface area contributed by atoms with E-state index in [9.17, 15) is 18.0 Å². The van der Waals surface area contributed by atoms with Crippen LogP contribution in [0.2, 0.25) is 0 Å². The van der Waals surface area contributed by atoms with Crippen molar-refractivity contribution in [3.63, 3.8) is 0 Å². The lowest BCUT2D eigenvalue weighted by Gasteiger charge is -2.23. The topological polar surface area (TPSA) is 108 Å². The molecule has 1 aromatic carbocycles. The molecular weight excluding hydrogens is 372 g/mol. The van der Waals surface area contributed by atoms with Crippen LogP contribution in [0.1, 0.15) is 5.56 Å². The Morgan fingerprint density at radius 2 is 1.81 bits per heavy atom. The average Bonchev–Trinajstić information content (AvgIpc) is 3.09. The summed E-state index contributed by atoms with van der Waals surface area (Å²) in [6, 6.07) is 6.52. The molecule has 1 atom stereocenters. The highest BCUT2D eigenvalue weighted by Gasteiger charge is 2.36. The van der Waals surface area contributed by atoms with E-state index in [2.05, 4.69) is 10.6 Å². The Kier molecular flexibility index (Phi) is 7.31. The largest absolute Gasteiger partial charge is 0.359 e. The van der Waals surface area contributed by atoms with Crippen molar-refractivity contribution in [3.8, 4) is 0 Å². The summed E-state index contributed by atoms with van der Waals surface area (Å²) in [5, 5.41) is 4.93. The number of ether oxygens (including phenoxy) is 1. The summed E-state index contributed by atoms with van der Waals surface area (Å²) in [5.41, 5.74) is 0.954. The van der Waals surface area contributed by atoms with Crippen molar-refractivity contribution in [1.29, 1.82) is 0 Å². The van der Waals surface area contributed by atoms with E-state index in [1.165, 1.54) is 16.4 Å². The van der Waals surface area contributed by atoms with Gasteiger partial charge in [0, 0.05) is 19.6 Å². The number of amides is 2. The predicted molar refractivity (Wildman–Crippen MR) is 99.4 cm³/mol. The number of benzene rings is 1. The molecule has 1 aliphatic rings. The summed E-state index contributed by atoms with van der Waals surface area (Å²) in [6.07, 6.45) is -0.852. The Labute approximate surface area is 159 Å². The number of nitrogens with zero attached hydrogens (tertiary/aromatic N) is 2. The Bertz CT molecular complexity index is 764. The molecule has 1 aliphatic heterocycles. The quantitative estimate of drug-likeness (QED) is 0.579. The number of carbonyl (C=O) groups is 2. The van der Waals surface area contributed by atoms with E-state index in [0.717, 1.165) is 5.56 Å². The zero-order valence-corrected chi connectivity index (χ0v) is 16.6. The van der Waals surface area contributed by atoms with Crippen LogP contribution in [-0.2, 0) is 24.3 Å². The van der Waals surface area contributed by atoms with E-state index in [-0.39, 0.29) is 24.6 Å². The number of hydrogen-bond donors (Lipinski definition) is 2. The molecule has 2 amide bonds. The van der Waals surface area contributed by atoms with Gasteiger partial charge in [-0.25, -0.2) is 8.42 Å². The zero-order chi connectivity index (χ0) is 20.0. The second kappa shape index (κ2) is 9.27. The number of carbonyl (C=O) groups excluding carboxylic acids is 2. The van der Waals surface area contributed by atoms with Crippen LogP contribution in [0, 0.1) is 6.92 Å². The maximum absolute atomic E-state index is 12.8. The summed E-state index contributed by atoms with van der Waals surface area (Å²) in [5.74, 6) is -1.58. The number of sulfonamides is 1. The Balaban J connectivity index is 1.93. The van der Waals surface area contributed by atoms with Crippen molar-refractivity contribution in [2.24, 2.45) is 0 Å². The van der Waals surface area contributed by atoms with Gasteiger partial charge in [0.15, 0.2) is 0 Å². The van der Waals surface area contributed by atoms with Crippen molar-refractivity contribution in [3.05, 3.63) is 29.8 Å². The second-order valence-corrected chi connectivity index (χ2v) is 8.41. The summed E-state index contributed by atoms with van der Waals surface area (Å²) in [7, 11) is -0.0377. The highest BCUT2D eigenvalue weighted by molar-refractivity contribution is 7.89. The SMILES string of the molecule is Cc1ccc(S(=O)(=O)N2CCO[C@H]2CNC(=O)C(=O)NCCN(C)C)cc1. The molecule has 0 bridgehead atoms. The number of rotatable bonds is 7. The average molecular weight is 398 g/mol. The van der Waals surface area contributed by atoms with E-state index in [4.69, 9.17) is 4.74 Å². The van der Waals surface area contributed by atoms with Gasteiger partial charge in [0.25, 0.3) is 0 Å². The first-order chi connectivity index (χ1) is 12.7. The van der Waals surface area contributed by atoms with E-state index in [1.54, 1.807) is 12.1 Å². The van der Waals surface area contributed by atoms with Gasteiger partial charge in [0.1, 0.15) is 6.23 Å². The van der Waals surface area contributed by atoms with Gasteiger partial charge in [-0.1, -0.05) is 17.7 Å². The molecule has 0 radical (unpaired) electrons. The molecule has 2 rings (SSSR count). The fraction of sp³-hybridized carbons (Fsp3) is 0.529. The molecule has 0 aliphatic carbocycles. The van der Waals surface area contributed by atoms with Crippen molar-refractivity contribution in [1.82, 2.24) is 19.8 Å². The van der Waals surface area contributed by atoms with Crippen LogP contribution >= 0.6 is 0 Å². The molecule has 2 N–H and O–H groups in total. The van der Waals surface area contributed by atoms with Crippen LogP contribution in [0.25, 0.3) is 0 Å². The van der Waals surface area contributed by atoms with Crippen LogP contribution in [0.5, 0.6) is 0 Å². The highest BCUT2D eigenvalue weighted by Crippen LogP contribution is 2.22. The number of likely N-dealkylation sites (N-methyl/N-ethyl adjacent to an activating group) is 1. The van der Waals surface area contributed by atoms with Crippen LogP contribution in [-0.4, -0.2) is 82.5 Å². The molecule has 0 unspecified atom stereocenters. The summed E-state index contributed by atoms with van der Waals surface area (Å²) in [4.78, 5) is 25.7. The van der Waals surface area contributed by atoms with Gasteiger partial charge in [-0.3, -0.25) is 9.59 Å². The summed E-state index contributed by atoms with van der Waals surface area (Å²) < 4.78 is 32.2. The molecule has 1 fully saturated rings. The number of aryl methyl sites for hydroxylation is 1. The molecule has 1 aromatic rings. The maximum atomic E-state index is 12.8. The molecule has 1 heterocycles. The van der Waals surface area contributed by atoms with E-state index in [0.29, 0.717) is 13.1 Å². The molecule has 0 aromatic heterocycles. The van der Waals surface area contributed by atoms with Gasteiger partial charge in [0.05, 0.1) is 18.0 Å². The van der Waals surface area contributed by atoms with Gasteiger partial charge < -0.3 is 20.3 Å². The minimum absolute atomic E-state index is 0.106. The van der Waals surface area contributed by atoms with Crippen molar-refractivity contribution < 1.29 is 22.7 Å². The summed E-state index contributed by atoms with van der Waals surface area (Å²) >= 11 is 0. The standard InChI is InChI=1S/C17H26N4O5S/c1-13-4-6-14(7-5-13)27(24,25)21-10-11-26-15(21)12-19-17(23)16(22)18-8-9-20(2)3/h4-7,15H,8-12H2,1-3H3,(H,18,22)(H,19,23)/t15-/m0/s1. The normalized spacial score (nSPS) is 17.9. The Morgan fingerprint density at radius 1 is 1.19 bits per heavy atom.